The van der Waals surface area contributed by atoms with Crippen molar-refractivity contribution in [3.8, 4) is 17.3 Å². The molecule has 0 atom stereocenters. The molecule has 0 radical (unpaired) electrons. The van der Waals surface area contributed by atoms with Gasteiger partial charge in [-0.1, -0.05) is 4.68 Å². The smallest absolute Gasteiger partial charge is 0.397 e. The maximum atomic E-state index is 12.1. The van der Waals surface area contributed by atoms with Crippen LogP contribution in [0.2, 0.25) is 0 Å². The van der Waals surface area contributed by atoms with Crippen LogP contribution in [-0.4, -0.2) is 32.4 Å². The predicted molar refractivity (Wildman–Crippen MR) is 72.8 cm³/mol. The molecule has 0 aromatic carbocycles. The average Bonchev–Trinajstić information content (AvgIpc) is 3.02. The number of hydrogen-bond acceptors (Lipinski definition) is 7. The maximum Gasteiger partial charge on any atom is 0.491 e. The minimum atomic E-state index is -5.11. The molecule has 0 aliphatic heterocycles. The molecule has 11 heteroatoms. The van der Waals surface area contributed by atoms with E-state index in [4.69, 9.17) is 4.52 Å². The highest BCUT2D eigenvalue weighted by molar-refractivity contribution is 5.77. The summed E-state index contributed by atoms with van der Waals surface area (Å²) in [5.74, 6) is -2.29. The summed E-state index contributed by atoms with van der Waals surface area (Å²) in [7, 11) is 0. The van der Waals surface area contributed by atoms with E-state index in [2.05, 4.69) is 25.0 Å². The molecule has 8 nitrogen and oxygen atoms in total. The van der Waals surface area contributed by atoms with Gasteiger partial charge in [-0.3, -0.25) is 0 Å². The molecule has 0 saturated carbocycles. The quantitative estimate of drug-likeness (QED) is 0.516. The first-order chi connectivity index (χ1) is 11.9. The van der Waals surface area contributed by atoms with E-state index >= 15 is 0 Å². The van der Waals surface area contributed by atoms with Crippen LogP contribution in [-0.2, 0) is 11.3 Å². The van der Waals surface area contributed by atoms with Crippen LogP contribution in [0.1, 0.15) is 5.76 Å². The van der Waals surface area contributed by atoms with Gasteiger partial charge in [0.15, 0.2) is 12.0 Å². The van der Waals surface area contributed by atoms with Crippen LogP contribution in [0.25, 0.3) is 11.4 Å². The van der Waals surface area contributed by atoms with E-state index in [1.165, 1.54) is 10.9 Å². The monoisotopic (exact) mass is 352 g/mol. The molecule has 128 valence electrons. The van der Waals surface area contributed by atoms with Crippen LogP contribution in [0.4, 0.5) is 13.2 Å². The zero-order valence-corrected chi connectivity index (χ0v) is 12.3. The second-order valence-corrected chi connectivity index (χ2v) is 4.70. The lowest BCUT2D eigenvalue weighted by Gasteiger charge is -2.02. The minimum Gasteiger partial charge on any atom is -0.397 e. The number of ether oxygens (including phenoxy) is 1. The fraction of sp³-hybridized carbons (Fsp3) is 0.143. The minimum absolute atomic E-state index is 0.0759. The van der Waals surface area contributed by atoms with Crippen molar-refractivity contribution >= 4 is 5.97 Å². The number of aromatic nitrogens is 5. The molecule has 0 spiro atoms. The van der Waals surface area contributed by atoms with E-state index in [0.29, 0.717) is 11.4 Å². The van der Waals surface area contributed by atoms with E-state index in [1.807, 2.05) is 0 Å². The van der Waals surface area contributed by atoms with Crippen LogP contribution in [0.3, 0.4) is 0 Å². The van der Waals surface area contributed by atoms with Crippen LogP contribution in [0.15, 0.2) is 47.5 Å². The number of carbonyl (C=O) groups excluding carboxylic acids is 1. The summed E-state index contributed by atoms with van der Waals surface area (Å²) in [6.07, 6.45) is 1.22. The van der Waals surface area contributed by atoms with Gasteiger partial charge < -0.3 is 9.26 Å². The lowest BCUT2D eigenvalue weighted by Crippen LogP contribution is -2.37. The molecule has 0 amide bonds. The Morgan fingerprint density at radius 1 is 1.28 bits per heavy atom. The van der Waals surface area contributed by atoms with Crippen molar-refractivity contribution in [1.29, 1.82) is 0 Å². The first-order valence-electron chi connectivity index (χ1n) is 6.79. The molecule has 0 aliphatic carbocycles. The predicted octanol–water partition coefficient (Wildman–Crippen LogP) is 1.33. The Labute approximate surface area is 137 Å². The van der Waals surface area contributed by atoms with Crippen LogP contribution in [0, 0.1) is 0 Å². The molecule has 3 rings (SSSR count). The Morgan fingerprint density at radius 3 is 2.68 bits per heavy atom. The summed E-state index contributed by atoms with van der Waals surface area (Å²) < 4.78 is 46.6. The number of hydrogen-bond donors (Lipinski definition) is 0. The molecule has 0 saturated heterocycles. The fourth-order valence-corrected chi connectivity index (χ4v) is 1.79. The third-order valence-electron chi connectivity index (χ3n) is 2.88. The van der Waals surface area contributed by atoms with Crippen molar-refractivity contribution in [2.45, 2.75) is 12.7 Å². The molecular formula is C14H9F3N5O3+. The summed E-state index contributed by atoms with van der Waals surface area (Å²) in [4.78, 5) is 18.9. The molecule has 3 heterocycles. The second kappa shape index (κ2) is 6.63. The molecule has 0 unspecified atom stereocenters. The van der Waals surface area contributed by atoms with Crippen molar-refractivity contribution in [2.24, 2.45) is 0 Å². The highest BCUT2D eigenvalue weighted by atomic mass is 19.4. The molecule has 0 N–H and O–H groups in total. The average molecular weight is 352 g/mol. The van der Waals surface area contributed by atoms with Crippen molar-refractivity contribution in [3.63, 3.8) is 0 Å². The number of alkyl halides is 3. The Balaban J connectivity index is 1.66. The molecular weight excluding hydrogens is 343 g/mol. The summed E-state index contributed by atoms with van der Waals surface area (Å²) in [5.41, 5.74) is 0.689. The van der Waals surface area contributed by atoms with Crippen molar-refractivity contribution < 1.29 is 31.9 Å². The van der Waals surface area contributed by atoms with Gasteiger partial charge in [-0.15, -0.1) is 0 Å². The lowest BCUT2D eigenvalue weighted by atomic mass is 10.3. The van der Waals surface area contributed by atoms with Gasteiger partial charge in [0.05, 0.1) is 6.07 Å². The topological polar surface area (TPSA) is 94.9 Å². The number of nitrogens with zero attached hydrogens (tertiary/aromatic N) is 5. The van der Waals surface area contributed by atoms with Crippen LogP contribution in [0.5, 0.6) is 5.88 Å². The van der Waals surface area contributed by atoms with Crippen LogP contribution >= 0.6 is 0 Å². The molecule has 0 fully saturated rings. The van der Waals surface area contributed by atoms with Gasteiger partial charge in [0.25, 0.3) is 5.88 Å². The van der Waals surface area contributed by atoms with E-state index in [-0.39, 0.29) is 12.3 Å². The second-order valence-electron chi connectivity index (χ2n) is 4.70. The SMILES string of the molecule is O=C(Oc1cc(C[n+]2ccc(-c3ncccn3)cn2)on1)C(F)(F)F. The lowest BCUT2D eigenvalue weighted by molar-refractivity contribution is -0.747. The summed E-state index contributed by atoms with van der Waals surface area (Å²) in [6, 6.07) is 4.48. The van der Waals surface area contributed by atoms with Crippen molar-refractivity contribution in [2.75, 3.05) is 0 Å². The molecule has 3 aromatic heterocycles. The summed E-state index contributed by atoms with van der Waals surface area (Å²) in [6.45, 7) is 0.0759. The van der Waals surface area contributed by atoms with E-state index in [9.17, 15) is 18.0 Å². The van der Waals surface area contributed by atoms with Gasteiger partial charge in [-0.2, -0.15) is 13.2 Å². The van der Waals surface area contributed by atoms with Gasteiger partial charge in [0.1, 0.15) is 6.20 Å². The van der Waals surface area contributed by atoms with Gasteiger partial charge in [0.2, 0.25) is 12.3 Å². The first-order valence-corrected chi connectivity index (χ1v) is 6.79. The molecule has 0 aliphatic rings. The molecule has 3 aromatic rings. The zero-order chi connectivity index (χ0) is 17.9. The maximum absolute atomic E-state index is 12.1. The highest BCUT2D eigenvalue weighted by Gasteiger charge is 2.42. The standard InChI is InChI=1S/C14H9F3N5O3/c15-14(16,17)13(23)24-11-6-10(25-21-11)8-22-5-2-9(7-20-22)12-18-3-1-4-19-12/h1-7H,8H2/q+1. The van der Waals surface area contributed by atoms with E-state index in [1.54, 1.807) is 30.7 Å². The van der Waals surface area contributed by atoms with Gasteiger partial charge in [-0.05, 0) is 16.3 Å². The van der Waals surface area contributed by atoms with Gasteiger partial charge in [-0.25, -0.2) is 14.8 Å². The number of halogens is 3. The van der Waals surface area contributed by atoms with Gasteiger partial charge in [0, 0.05) is 24.0 Å². The number of rotatable bonds is 4. The van der Waals surface area contributed by atoms with Crippen molar-refractivity contribution in [3.05, 3.63) is 48.7 Å². The van der Waals surface area contributed by atoms with Crippen LogP contribution < -0.4 is 9.42 Å². The van der Waals surface area contributed by atoms with E-state index < -0.39 is 18.0 Å². The molecule has 0 bridgehead atoms. The third kappa shape index (κ3) is 4.13. The molecule has 25 heavy (non-hydrogen) atoms. The Morgan fingerprint density at radius 2 is 2.04 bits per heavy atom. The first kappa shape index (κ1) is 16.5. The summed E-state index contributed by atoms with van der Waals surface area (Å²) >= 11 is 0. The van der Waals surface area contributed by atoms with E-state index in [0.717, 1.165) is 6.07 Å². The number of esters is 1. The Hall–Kier alpha value is -3.37. The Kier molecular flexibility index (Phi) is 4.37. The Bertz CT molecular complexity index is 865. The zero-order valence-electron chi connectivity index (χ0n) is 12.3. The highest BCUT2D eigenvalue weighted by Crippen LogP contribution is 2.19. The summed E-state index contributed by atoms with van der Waals surface area (Å²) in [5, 5.41) is 7.37. The third-order valence-corrected chi connectivity index (χ3v) is 2.88. The number of carbonyl (C=O) groups is 1. The normalized spacial score (nSPS) is 11.3. The van der Waals surface area contributed by atoms with Crippen molar-refractivity contribution in [1.82, 2.24) is 20.2 Å². The van der Waals surface area contributed by atoms with Gasteiger partial charge >= 0.3 is 12.1 Å². The fourth-order valence-electron chi connectivity index (χ4n) is 1.79. The largest absolute Gasteiger partial charge is 0.491 e.